The number of hydrogen-bond acceptors (Lipinski definition) is 3. The number of urea groups is 1. The van der Waals surface area contributed by atoms with Crippen molar-refractivity contribution in [2.24, 2.45) is 5.92 Å². The molecule has 2 amide bonds. The number of aliphatic carboxylic acids is 1. The Morgan fingerprint density at radius 2 is 1.81 bits per heavy atom. The predicted octanol–water partition coefficient (Wildman–Crippen LogP) is 2.55. The van der Waals surface area contributed by atoms with E-state index in [0.29, 0.717) is 12.8 Å². The number of benzene rings is 1. The number of carbonyl (C=O) groups is 2. The molecule has 0 radical (unpaired) electrons. The van der Waals surface area contributed by atoms with Crippen LogP contribution in [0.4, 0.5) is 4.79 Å². The minimum absolute atomic E-state index is 0.00404. The van der Waals surface area contributed by atoms with Gasteiger partial charge in [-0.3, -0.25) is 9.69 Å². The Balaban J connectivity index is 1.45. The van der Waals surface area contributed by atoms with Crippen molar-refractivity contribution in [3.05, 3.63) is 35.9 Å². The summed E-state index contributed by atoms with van der Waals surface area (Å²) >= 11 is 0. The average Bonchev–Trinajstić information content (AvgIpc) is 2.63. The highest BCUT2D eigenvalue weighted by molar-refractivity contribution is 5.75. The SMILES string of the molecule is CC1CN(Cc2ccccc2)CCN1C(=O)NC1CCC(C(=O)O)CC1. The number of carbonyl (C=O) groups excluding carboxylic acids is 1. The summed E-state index contributed by atoms with van der Waals surface area (Å²) in [5.41, 5.74) is 1.30. The molecule has 3 rings (SSSR count). The van der Waals surface area contributed by atoms with E-state index in [4.69, 9.17) is 5.11 Å². The van der Waals surface area contributed by atoms with E-state index in [2.05, 4.69) is 41.4 Å². The van der Waals surface area contributed by atoms with Gasteiger partial charge in [0, 0.05) is 38.3 Å². The summed E-state index contributed by atoms with van der Waals surface area (Å²) < 4.78 is 0. The molecule has 1 unspecified atom stereocenters. The van der Waals surface area contributed by atoms with Crippen LogP contribution in [-0.4, -0.2) is 58.6 Å². The molecule has 1 atom stereocenters. The Morgan fingerprint density at radius 3 is 2.42 bits per heavy atom. The van der Waals surface area contributed by atoms with E-state index in [1.807, 2.05) is 11.0 Å². The highest BCUT2D eigenvalue weighted by Crippen LogP contribution is 2.25. The molecule has 6 heteroatoms. The van der Waals surface area contributed by atoms with Gasteiger partial charge in [-0.1, -0.05) is 30.3 Å². The second kappa shape index (κ2) is 8.54. The second-order valence-corrected chi connectivity index (χ2v) is 7.60. The summed E-state index contributed by atoms with van der Waals surface area (Å²) in [5.74, 6) is -0.957. The fraction of sp³-hybridized carbons (Fsp3) is 0.600. The molecule has 1 aromatic rings. The highest BCUT2D eigenvalue weighted by atomic mass is 16.4. The first kappa shape index (κ1) is 18.7. The van der Waals surface area contributed by atoms with Crippen LogP contribution < -0.4 is 5.32 Å². The van der Waals surface area contributed by atoms with Crippen LogP contribution in [-0.2, 0) is 11.3 Å². The van der Waals surface area contributed by atoms with Crippen LogP contribution in [0.2, 0.25) is 0 Å². The molecule has 1 saturated heterocycles. The molecule has 2 aliphatic rings. The molecule has 2 fully saturated rings. The molecule has 142 valence electrons. The highest BCUT2D eigenvalue weighted by Gasteiger charge is 2.31. The van der Waals surface area contributed by atoms with Crippen LogP contribution in [0.5, 0.6) is 0 Å². The summed E-state index contributed by atoms with van der Waals surface area (Å²) in [6.45, 7) is 5.48. The predicted molar refractivity (Wildman–Crippen MR) is 99.8 cm³/mol. The van der Waals surface area contributed by atoms with Gasteiger partial charge in [-0.2, -0.15) is 0 Å². The third-order valence-electron chi connectivity index (χ3n) is 5.63. The van der Waals surface area contributed by atoms with Crippen LogP contribution in [0.15, 0.2) is 30.3 Å². The third kappa shape index (κ3) is 4.75. The number of carboxylic acid groups (broad SMARTS) is 1. The lowest BCUT2D eigenvalue weighted by Crippen LogP contribution is -2.57. The lowest BCUT2D eigenvalue weighted by atomic mass is 9.86. The van der Waals surface area contributed by atoms with E-state index in [9.17, 15) is 9.59 Å². The molecule has 1 aliphatic carbocycles. The number of amides is 2. The summed E-state index contributed by atoms with van der Waals surface area (Å²) in [5, 5.41) is 12.2. The molecule has 1 heterocycles. The van der Waals surface area contributed by atoms with Gasteiger partial charge in [0.05, 0.1) is 5.92 Å². The van der Waals surface area contributed by atoms with E-state index in [1.54, 1.807) is 0 Å². The monoisotopic (exact) mass is 359 g/mol. The molecule has 1 aliphatic heterocycles. The minimum atomic E-state index is -0.710. The second-order valence-electron chi connectivity index (χ2n) is 7.60. The van der Waals surface area contributed by atoms with Crippen molar-refractivity contribution in [1.82, 2.24) is 15.1 Å². The summed E-state index contributed by atoms with van der Waals surface area (Å²) in [7, 11) is 0. The maximum Gasteiger partial charge on any atom is 0.317 e. The van der Waals surface area contributed by atoms with Crippen LogP contribution in [0, 0.1) is 5.92 Å². The number of rotatable bonds is 4. The van der Waals surface area contributed by atoms with Crippen LogP contribution >= 0.6 is 0 Å². The van der Waals surface area contributed by atoms with E-state index in [-0.39, 0.29) is 24.0 Å². The van der Waals surface area contributed by atoms with Gasteiger partial charge in [-0.05, 0) is 38.2 Å². The van der Waals surface area contributed by atoms with Crippen molar-refractivity contribution < 1.29 is 14.7 Å². The maximum absolute atomic E-state index is 12.6. The zero-order valence-corrected chi connectivity index (χ0v) is 15.4. The van der Waals surface area contributed by atoms with Gasteiger partial charge in [0.1, 0.15) is 0 Å². The van der Waals surface area contributed by atoms with Gasteiger partial charge in [-0.25, -0.2) is 4.79 Å². The lowest BCUT2D eigenvalue weighted by Gasteiger charge is -2.40. The topological polar surface area (TPSA) is 72.9 Å². The van der Waals surface area contributed by atoms with Gasteiger partial charge in [-0.15, -0.1) is 0 Å². The van der Waals surface area contributed by atoms with E-state index in [1.165, 1.54) is 5.56 Å². The van der Waals surface area contributed by atoms with Crippen LogP contribution in [0.1, 0.15) is 38.2 Å². The Hall–Kier alpha value is -2.08. The third-order valence-corrected chi connectivity index (χ3v) is 5.63. The van der Waals surface area contributed by atoms with Crippen LogP contribution in [0.3, 0.4) is 0 Å². The smallest absolute Gasteiger partial charge is 0.317 e. The standard InChI is InChI=1S/C20H29N3O3/c1-15-13-22(14-16-5-3-2-4-6-16)11-12-23(15)20(26)21-18-9-7-17(8-10-18)19(24)25/h2-6,15,17-18H,7-14H2,1H3,(H,21,26)(H,24,25). The Morgan fingerprint density at radius 1 is 1.12 bits per heavy atom. The van der Waals surface area contributed by atoms with E-state index in [0.717, 1.165) is 39.0 Å². The van der Waals surface area contributed by atoms with E-state index < -0.39 is 5.97 Å². The first-order valence-electron chi connectivity index (χ1n) is 9.59. The van der Waals surface area contributed by atoms with E-state index >= 15 is 0 Å². The number of nitrogens with zero attached hydrogens (tertiary/aromatic N) is 2. The minimum Gasteiger partial charge on any atom is -0.481 e. The van der Waals surface area contributed by atoms with Crippen molar-refractivity contribution in [3.8, 4) is 0 Å². The Bertz CT molecular complexity index is 614. The Kier molecular flexibility index (Phi) is 6.14. The molecule has 1 aromatic carbocycles. The first-order chi connectivity index (χ1) is 12.5. The van der Waals surface area contributed by atoms with Crippen molar-refractivity contribution in [1.29, 1.82) is 0 Å². The Labute approximate surface area is 155 Å². The normalized spacial score (nSPS) is 27.1. The van der Waals surface area contributed by atoms with Crippen molar-refractivity contribution in [2.45, 2.75) is 51.2 Å². The van der Waals surface area contributed by atoms with Gasteiger partial charge in [0.15, 0.2) is 0 Å². The molecule has 2 N–H and O–H groups in total. The molecule has 6 nitrogen and oxygen atoms in total. The molecule has 0 aromatic heterocycles. The van der Waals surface area contributed by atoms with Crippen molar-refractivity contribution in [3.63, 3.8) is 0 Å². The quantitative estimate of drug-likeness (QED) is 0.867. The number of nitrogens with one attached hydrogen (secondary N) is 1. The summed E-state index contributed by atoms with van der Waals surface area (Å²) in [6.07, 6.45) is 2.82. The largest absolute Gasteiger partial charge is 0.481 e. The summed E-state index contributed by atoms with van der Waals surface area (Å²) in [6, 6.07) is 10.7. The number of hydrogen-bond donors (Lipinski definition) is 2. The number of piperazine rings is 1. The first-order valence-corrected chi connectivity index (χ1v) is 9.59. The average molecular weight is 359 g/mol. The number of carboxylic acids is 1. The van der Waals surface area contributed by atoms with Gasteiger partial charge in [0.2, 0.25) is 0 Å². The molecular weight excluding hydrogens is 330 g/mol. The summed E-state index contributed by atoms with van der Waals surface area (Å²) in [4.78, 5) is 28.0. The van der Waals surface area contributed by atoms with Gasteiger partial charge >= 0.3 is 12.0 Å². The molecule has 26 heavy (non-hydrogen) atoms. The molecular formula is C20H29N3O3. The molecule has 0 spiro atoms. The zero-order chi connectivity index (χ0) is 18.5. The van der Waals surface area contributed by atoms with Gasteiger partial charge < -0.3 is 15.3 Å². The van der Waals surface area contributed by atoms with Gasteiger partial charge in [0.25, 0.3) is 0 Å². The fourth-order valence-corrected chi connectivity index (χ4v) is 4.06. The van der Waals surface area contributed by atoms with Crippen molar-refractivity contribution in [2.75, 3.05) is 19.6 Å². The maximum atomic E-state index is 12.6. The fourth-order valence-electron chi connectivity index (χ4n) is 4.06. The molecule has 1 saturated carbocycles. The van der Waals surface area contributed by atoms with Crippen LogP contribution in [0.25, 0.3) is 0 Å². The molecule has 0 bridgehead atoms. The zero-order valence-electron chi connectivity index (χ0n) is 15.4. The lowest BCUT2D eigenvalue weighted by molar-refractivity contribution is -0.142. The van der Waals surface area contributed by atoms with Crippen molar-refractivity contribution >= 4 is 12.0 Å².